The largest absolute Gasteiger partial charge is 0.497 e. The molecule has 1 aromatic heterocycles. The first kappa shape index (κ1) is 17.5. The van der Waals surface area contributed by atoms with Crippen molar-refractivity contribution >= 4 is 11.8 Å². The summed E-state index contributed by atoms with van der Waals surface area (Å²) in [6, 6.07) is 10.3. The molecule has 25 heavy (non-hydrogen) atoms. The highest BCUT2D eigenvalue weighted by molar-refractivity contribution is 5.45. The van der Waals surface area contributed by atoms with Crippen LogP contribution in [0.4, 0.5) is 11.8 Å². The highest BCUT2D eigenvalue weighted by atomic mass is 16.5. The van der Waals surface area contributed by atoms with Crippen LogP contribution < -0.4 is 15.0 Å². The van der Waals surface area contributed by atoms with Crippen molar-refractivity contribution in [3.05, 3.63) is 41.6 Å². The number of aromatic nitrogens is 2. The van der Waals surface area contributed by atoms with E-state index >= 15 is 0 Å². The summed E-state index contributed by atoms with van der Waals surface area (Å²) < 4.78 is 5.19. The van der Waals surface area contributed by atoms with Crippen LogP contribution in [0.15, 0.2) is 30.3 Å². The highest BCUT2D eigenvalue weighted by Crippen LogP contribution is 2.22. The molecule has 1 aromatic carbocycles. The summed E-state index contributed by atoms with van der Waals surface area (Å²) in [6.45, 7) is 7.35. The van der Waals surface area contributed by atoms with Gasteiger partial charge in [-0.2, -0.15) is 4.98 Å². The summed E-state index contributed by atoms with van der Waals surface area (Å²) in [6.07, 6.45) is 3.41. The van der Waals surface area contributed by atoms with Crippen molar-refractivity contribution < 1.29 is 4.74 Å². The molecule has 5 heteroatoms. The van der Waals surface area contributed by atoms with Crippen LogP contribution in [-0.2, 0) is 6.42 Å². The van der Waals surface area contributed by atoms with Crippen LogP contribution in [0.2, 0.25) is 0 Å². The standard InChI is InChI=1S/C20H28N4O/c1-15-9-12-24(13-10-15)19-14-16(2)22-20(23-19)21-11-8-17-4-6-18(25-3)7-5-17/h4-7,14-15H,8-13H2,1-3H3,(H,21,22,23). The van der Waals surface area contributed by atoms with Crippen LogP contribution in [0.1, 0.15) is 31.0 Å². The second-order valence-electron chi connectivity index (χ2n) is 6.89. The molecule has 3 rings (SSSR count). The van der Waals surface area contributed by atoms with Gasteiger partial charge in [0.15, 0.2) is 0 Å². The molecule has 0 spiro atoms. The molecule has 0 saturated carbocycles. The molecule has 1 saturated heterocycles. The second-order valence-corrected chi connectivity index (χ2v) is 6.89. The summed E-state index contributed by atoms with van der Waals surface area (Å²) in [7, 11) is 1.69. The number of benzene rings is 1. The number of nitrogens with zero attached hydrogens (tertiary/aromatic N) is 3. The van der Waals surface area contributed by atoms with Gasteiger partial charge in [-0.25, -0.2) is 4.98 Å². The van der Waals surface area contributed by atoms with E-state index in [2.05, 4.69) is 40.3 Å². The number of nitrogens with one attached hydrogen (secondary N) is 1. The van der Waals surface area contributed by atoms with Gasteiger partial charge >= 0.3 is 0 Å². The fraction of sp³-hybridized carbons (Fsp3) is 0.500. The monoisotopic (exact) mass is 340 g/mol. The Hall–Kier alpha value is -2.30. The molecule has 0 aliphatic carbocycles. The molecule has 0 bridgehead atoms. The van der Waals surface area contributed by atoms with E-state index in [1.807, 2.05) is 19.1 Å². The Labute approximate surface area is 150 Å². The fourth-order valence-electron chi connectivity index (χ4n) is 3.14. The summed E-state index contributed by atoms with van der Waals surface area (Å²) in [5.41, 5.74) is 2.28. The first-order valence-corrected chi connectivity index (χ1v) is 9.11. The van der Waals surface area contributed by atoms with Crippen LogP contribution in [0, 0.1) is 12.8 Å². The van der Waals surface area contributed by atoms with E-state index in [1.54, 1.807) is 7.11 Å². The van der Waals surface area contributed by atoms with E-state index in [4.69, 9.17) is 9.72 Å². The summed E-state index contributed by atoms with van der Waals surface area (Å²) in [4.78, 5) is 11.6. The van der Waals surface area contributed by atoms with Crippen LogP contribution >= 0.6 is 0 Å². The van der Waals surface area contributed by atoms with Gasteiger partial charge in [-0.15, -0.1) is 0 Å². The Balaban J connectivity index is 1.58. The lowest BCUT2D eigenvalue weighted by Crippen LogP contribution is -2.33. The van der Waals surface area contributed by atoms with Crippen molar-refractivity contribution in [2.75, 3.05) is 37.0 Å². The van der Waals surface area contributed by atoms with Crippen molar-refractivity contribution in [3.63, 3.8) is 0 Å². The van der Waals surface area contributed by atoms with Crippen molar-refractivity contribution in [1.29, 1.82) is 0 Å². The zero-order valence-corrected chi connectivity index (χ0v) is 15.5. The lowest BCUT2D eigenvalue weighted by atomic mass is 9.99. The predicted molar refractivity (Wildman–Crippen MR) is 103 cm³/mol. The first-order valence-electron chi connectivity index (χ1n) is 9.11. The van der Waals surface area contributed by atoms with Gasteiger partial charge in [0.05, 0.1) is 7.11 Å². The third-order valence-corrected chi connectivity index (χ3v) is 4.80. The third kappa shape index (κ3) is 4.84. The fourth-order valence-corrected chi connectivity index (χ4v) is 3.14. The molecular weight excluding hydrogens is 312 g/mol. The number of methoxy groups -OCH3 is 1. The molecule has 0 unspecified atom stereocenters. The first-order chi connectivity index (χ1) is 12.1. The van der Waals surface area contributed by atoms with Crippen molar-refractivity contribution in [2.24, 2.45) is 5.92 Å². The number of hydrogen-bond donors (Lipinski definition) is 1. The molecule has 1 N–H and O–H groups in total. The Bertz CT molecular complexity index is 679. The maximum atomic E-state index is 5.19. The van der Waals surface area contributed by atoms with Crippen LogP contribution in [-0.4, -0.2) is 36.7 Å². The quantitative estimate of drug-likeness (QED) is 0.869. The van der Waals surface area contributed by atoms with Crippen LogP contribution in [0.5, 0.6) is 5.75 Å². The minimum atomic E-state index is 0.724. The molecule has 5 nitrogen and oxygen atoms in total. The zero-order chi connectivity index (χ0) is 17.6. The minimum absolute atomic E-state index is 0.724. The lowest BCUT2D eigenvalue weighted by molar-refractivity contribution is 0.414. The predicted octanol–water partition coefficient (Wildman–Crippen LogP) is 3.68. The highest BCUT2D eigenvalue weighted by Gasteiger charge is 2.17. The van der Waals surface area contributed by atoms with Gasteiger partial charge in [0, 0.05) is 31.4 Å². The van der Waals surface area contributed by atoms with Crippen molar-refractivity contribution in [2.45, 2.75) is 33.1 Å². The average molecular weight is 340 g/mol. The SMILES string of the molecule is COc1ccc(CCNc2nc(C)cc(N3CCC(C)CC3)n2)cc1. The number of rotatable bonds is 6. The van der Waals surface area contributed by atoms with Gasteiger partial charge < -0.3 is 15.0 Å². The normalized spacial score (nSPS) is 15.2. The number of aryl methyl sites for hydroxylation is 1. The van der Waals surface area contributed by atoms with Gasteiger partial charge in [-0.05, 0) is 49.8 Å². The molecule has 1 fully saturated rings. The molecule has 0 atom stereocenters. The molecule has 0 amide bonds. The number of hydrogen-bond acceptors (Lipinski definition) is 5. The molecule has 1 aliphatic rings. The van der Waals surface area contributed by atoms with Gasteiger partial charge in [-0.3, -0.25) is 0 Å². The summed E-state index contributed by atoms with van der Waals surface area (Å²) >= 11 is 0. The van der Waals surface area contributed by atoms with E-state index in [0.717, 1.165) is 55.2 Å². The van der Waals surface area contributed by atoms with Gasteiger partial charge in [0.25, 0.3) is 0 Å². The second kappa shape index (κ2) is 8.19. The number of ether oxygens (including phenoxy) is 1. The van der Waals surface area contributed by atoms with Crippen molar-refractivity contribution in [3.8, 4) is 5.75 Å². The van der Waals surface area contributed by atoms with Crippen molar-refractivity contribution in [1.82, 2.24) is 9.97 Å². The number of piperidine rings is 1. The molecule has 0 radical (unpaired) electrons. The Morgan fingerprint density at radius 2 is 1.88 bits per heavy atom. The molecule has 134 valence electrons. The minimum Gasteiger partial charge on any atom is -0.497 e. The van der Waals surface area contributed by atoms with E-state index in [9.17, 15) is 0 Å². The molecule has 2 heterocycles. The van der Waals surface area contributed by atoms with Crippen LogP contribution in [0.25, 0.3) is 0 Å². The average Bonchev–Trinajstić information content (AvgIpc) is 2.62. The Morgan fingerprint density at radius 1 is 1.16 bits per heavy atom. The van der Waals surface area contributed by atoms with Gasteiger partial charge in [0.1, 0.15) is 11.6 Å². The maximum absolute atomic E-state index is 5.19. The molecular formula is C20H28N4O. The van der Waals surface area contributed by atoms with Crippen LogP contribution in [0.3, 0.4) is 0 Å². The Kier molecular flexibility index (Phi) is 5.74. The lowest BCUT2D eigenvalue weighted by Gasteiger charge is -2.31. The summed E-state index contributed by atoms with van der Waals surface area (Å²) in [5, 5.41) is 3.37. The maximum Gasteiger partial charge on any atom is 0.224 e. The molecule has 2 aromatic rings. The van der Waals surface area contributed by atoms with Gasteiger partial charge in [0.2, 0.25) is 5.95 Å². The van der Waals surface area contributed by atoms with E-state index < -0.39 is 0 Å². The Morgan fingerprint density at radius 3 is 2.56 bits per heavy atom. The molecule has 1 aliphatic heterocycles. The zero-order valence-electron chi connectivity index (χ0n) is 15.5. The number of anilines is 2. The summed E-state index contributed by atoms with van der Waals surface area (Å²) in [5.74, 6) is 3.48. The van der Waals surface area contributed by atoms with Gasteiger partial charge in [-0.1, -0.05) is 19.1 Å². The smallest absolute Gasteiger partial charge is 0.224 e. The van der Waals surface area contributed by atoms with E-state index in [-0.39, 0.29) is 0 Å². The van der Waals surface area contributed by atoms with E-state index in [1.165, 1.54) is 18.4 Å². The van der Waals surface area contributed by atoms with E-state index in [0.29, 0.717) is 0 Å². The third-order valence-electron chi connectivity index (χ3n) is 4.80. The topological polar surface area (TPSA) is 50.3 Å².